The molecule has 3 N–H and O–H groups in total. The van der Waals surface area contributed by atoms with Gasteiger partial charge in [0.1, 0.15) is 6.04 Å². The van der Waals surface area contributed by atoms with Gasteiger partial charge in [0.05, 0.1) is 44.1 Å². The van der Waals surface area contributed by atoms with E-state index in [0.717, 1.165) is 30.4 Å². The van der Waals surface area contributed by atoms with Crippen LogP contribution in [0, 0.1) is 0 Å². The summed E-state index contributed by atoms with van der Waals surface area (Å²) < 4.78 is 54.9. The summed E-state index contributed by atoms with van der Waals surface area (Å²) in [4.78, 5) is 28.7. The maximum Gasteiger partial charge on any atom is 0.247 e. The number of carbonyl (C=O) groups is 2. The van der Waals surface area contributed by atoms with Crippen molar-refractivity contribution in [2.45, 2.75) is 91.0 Å². The van der Waals surface area contributed by atoms with Crippen LogP contribution in [-0.2, 0) is 31.0 Å². The second-order valence-corrected chi connectivity index (χ2v) is 12.9. The van der Waals surface area contributed by atoms with Crippen molar-refractivity contribution in [3.05, 3.63) is 77.4 Å². The predicted molar refractivity (Wildman–Crippen MR) is 190 cm³/mol. The van der Waals surface area contributed by atoms with Crippen molar-refractivity contribution in [2.24, 2.45) is 5.73 Å². The number of alkyl halides is 2. The van der Waals surface area contributed by atoms with Crippen LogP contribution in [0.5, 0.6) is 0 Å². The van der Waals surface area contributed by atoms with Crippen LogP contribution >= 0.6 is 0 Å². The minimum absolute atomic E-state index is 0.0438. The van der Waals surface area contributed by atoms with E-state index in [2.05, 4.69) is 5.32 Å². The molecular formula is C36H56F2N4O5S. The van der Waals surface area contributed by atoms with E-state index < -0.39 is 33.6 Å². The van der Waals surface area contributed by atoms with Crippen molar-refractivity contribution in [1.82, 2.24) is 14.5 Å². The summed E-state index contributed by atoms with van der Waals surface area (Å²) in [6.45, 7) is 10.4. The zero-order chi connectivity index (χ0) is 36.3. The smallest absolute Gasteiger partial charge is 0.247 e. The number of nitrogens with two attached hydrogens (primary N) is 1. The van der Waals surface area contributed by atoms with Gasteiger partial charge in [-0.3, -0.25) is 18.4 Å². The third-order valence-corrected chi connectivity index (χ3v) is 10.5. The zero-order valence-electron chi connectivity index (χ0n) is 29.7. The minimum atomic E-state index is -3.80. The number of hydrogen-bond acceptors (Lipinski definition) is 6. The SMILES string of the molecule is CC.CCN(CC1=C(c2ccccc2)S(=O)(=O)N(CC)C12CCCCC2)C(=O)[C@@H](COCc1ccccc1)NC(=O)C(C)N.CF.CF. The van der Waals surface area contributed by atoms with Gasteiger partial charge < -0.3 is 20.7 Å². The van der Waals surface area contributed by atoms with Crippen molar-refractivity contribution in [2.75, 3.05) is 40.6 Å². The molecule has 1 spiro atoms. The molecule has 2 atom stereocenters. The molecular weight excluding hydrogens is 638 g/mol. The fourth-order valence-electron chi connectivity index (χ4n) is 6.25. The Morgan fingerprint density at radius 2 is 1.50 bits per heavy atom. The molecule has 0 saturated heterocycles. The Bertz CT molecular complexity index is 1370. The van der Waals surface area contributed by atoms with Gasteiger partial charge in [0, 0.05) is 19.6 Å². The molecule has 1 aliphatic heterocycles. The first-order valence-corrected chi connectivity index (χ1v) is 18.1. The number of hydrogen-bond donors (Lipinski definition) is 2. The molecule has 12 heteroatoms. The summed E-state index contributed by atoms with van der Waals surface area (Å²) in [5, 5.41) is 2.77. The second kappa shape index (κ2) is 21.7. The summed E-state index contributed by atoms with van der Waals surface area (Å²) in [6.07, 6.45) is 4.30. The number of sulfonamides is 1. The first kappa shape index (κ1) is 42.8. The van der Waals surface area contributed by atoms with Crippen LogP contribution in [0.25, 0.3) is 4.91 Å². The highest BCUT2D eigenvalue weighted by atomic mass is 32.2. The van der Waals surface area contributed by atoms with Crippen molar-refractivity contribution >= 4 is 26.7 Å². The Hall–Kier alpha value is -3.19. The largest absolute Gasteiger partial charge is 0.374 e. The lowest BCUT2D eigenvalue weighted by molar-refractivity contribution is -0.138. The molecule has 0 bridgehead atoms. The van der Waals surface area contributed by atoms with E-state index in [1.807, 2.05) is 88.4 Å². The molecule has 4 rings (SSSR count). The normalized spacial score (nSPS) is 17.4. The number of amides is 2. The molecule has 2 amide bonds. The molecule has 1 heterocycles. The number of carbonyl (C=O) groups excluding carboxylic acids is 2. The molecule has 2 aromatic rings. The molecule has 1 aliphatic carbocycles. The predicted octanol–water partition coefficient (Wildman–Crippen LogP) is 5.86. The standard InChI is InChI=1S/C32H44N4O5S.C2H6.2CH3F/c1-4-35(31(38)28(34-30(37)24(3)33)23-41-22-25-15-9-6-10-16-25)21-27-29(26-17-11-7-12-18-26)42(39,40)36(5-2)32(27)19-13-8-14-20-32;3*1-2/h6-7,9-12,15-18,24,28H,4-5,8,13-14,19-23,33H2,1-3H3,(H,34,37);1-2H3;2*1H3/t24?,28-;;;/m1.../s1. The van der Waals surface area contributed by atoms with Gasteiger partial charge in [0.25, 0.3) is 0 Å². The topological polar surface area (TPSA) is 122 Å². The highest BCUT2D eigenvalue weighted by Gasteiger charge is 2.55. The molecule has 2 aromatic carbocycles. The van der Waals surface area contributed by atoms with Gasteiger partial charge in [0.2, 0.25) is 21.8 Å². The van der Waals surface area contributed by atoms with Gasteiger partial charge in [-0.15, -0.1) is 0 Å². The average Bonchev–Trinajstić information content (AvgIpc) is 3.30. The van der Waals surface area contributed by atoms with Crippen LogP contribution < -0.4 is 11.1 Å². The van der Waals surface area contributed by atoms with E-state index in [4.69, 9.17) is 10.5 Å². The number of halogens is 2. The average molecular weight is 695 g/mol. The van der Waals surface area contributed by atoms with Crippen LogP contribution in [0.2, 0.25) is 0 Å². The zero-order valence-corrected chi connectivity index (χ0v) is 30.5. The van der Waals surface area contributed by atoms with E-state index in [1.54, 1.807) is 16.1 Å². The number of nitrogens with zero attached hydrogens (tertiary/aromatic N) is 2. The number of rotatable bonds is 12. The van der Waals surface area contributed by atoms with Crippen molar-refractivity contribution in [1.29, 1.82) is 0 Å². The third kappa shape index (κ3) is 10.4. The monoisotopic (exact) mass is 694 g/mol. The van der Waals surface area contributed by atoms with Crippen LogP contribution in [0.4, 0.5) is 8.78 Å². The van der Waals surface area contributed by atoms with Gasteiger partial charge in [-0.2, -0.15) is 4.31 Å². The third-order valence-electron chi connectivity index (χ3n) is 8.33. The molecule has 2 aliphatic rings. The Morgan fingerprint density at radius 3 is 2.00 bits per heavy atom. The Balaban J connectivity index is 0.00000182. The van der Waals surface area contributed by atoms with Crippen molar-refractivity contribution in [3.8, 4) is 0 Å². The van der Waals surface area contributed by atoms with E-state index in [-0.39, 0.29) is 25.7 Å². The maximum atomic E-state index is 14.2. The quantitative estimate of drug-likeness (QED) is 0.287. The van der Waals surface area contributed by atoms with Gasteiger partial charge in [-0.25, -0.2) is 8.42 Å². The second-order valence-electron chi connectivity index (χ2n) is 11.1. The Kier molecular flexibility index (Phi) is 19.4. The van der Waals surface area contributed by atoms with Gasteiger partial charge >= 0.3 is 0 Å². The van der Waals surface area contributed by atoms with Crippen molar-refractivity contribution < 1.29 is 31.5 Å². The molecule has 1 unspecified atom stereocenters. The molecule has 1 fully saturated rings. The van der Waals surface area contributed by atoms with E-state index in [0.29, 0.717) is 50.8 Å². The lowest BCUT2D eigenvalue weighted by Gasteiger charge is -2.43. The molecule has 1 saturated carbocycles. The van der Waals surface area contributed by atoms with E-state index in [9.17, 15) is 26.8 Å². The summed E-state index contributed by atoms with van der Waals surface area (Å²) >= 11 is 0. The number of ether oxygens (including phenoxy) is 1. The van der Waals surface area contributed by atoms with Crippen LogP contribution in [0.1, 0.15) is 77.8 Å². The van der Waals surface area contributed by atoms with Gasteiger partial charge in [0.15, 0.2) is 0 Å². The maximum absolute atomic E-state index is 14.2. The molecule has 9 nitrogen and oxygen atoms in total. The Labute approximate surface area is 287 Å². The fourth-order valence-corrected chi connectivity index (χ4v) is 8.57. The first-order valence-electron chi connectivity index (χ1n) is 16.7. The number of likely N-dealkylation sites (N-methyl/N-ethyl adjacent to an activating group) is 2. The van der Waals surface area contributed by atoms with Crippen LogP contribution in [0.15, 0.2) is 66.2 Å². The van der Waals surface area contributed by atoms with Crippen molar-refractivity contribution in [3.63, 3.8) is 0 Å². The summed E-state index contributed by atoms with van der Waals surface area (Å²) in [5.74, 6) is -0.793. The first-order chi connectivity index (χ1) is 23.2. The number of nitrogens with one attached hydrogen (secondary N) is 1. The van der Waals surface area contributed by atoms with Crippen LogP contribution in [0.3, 0.4) is 0 Å². The van der Waals surface area contributed by atoms with Gasteiger partial charge in [-0.1, -0.05) is 101 Å². The highest BCUT2D eigenvalue weighted by Crippen LogP contribution is 2.51. The van der Waals surface area contributed by atoms with E-state index >= 15 is 0 Å². The lowest BCUT2D eigenvalue weighted by Crippen LogP contribution is -2.55. The summed E-state index contributed by atoms with van der Waals surface area (Å²) in [6, 6.07) is 17.0. The summed E-state index contributed by atoms with van der Waals surface area (Å²) in [7, 11) is -2.80. The minimum Gasteiger partial charge on any atom is -0.374 e. The Morgan fingerprint density at radius 1 is 0.958 bits per heavy atom. The molecule has 48 heavy (non-hydrogen) atoms. The summed E-state index contributed by atoms with van der Waals surface area (Å²) in [5.41, 5.74) is 7.48. The fraction of sp³-hybridized carbons (Fsp3) is 0.556. The molecule has 270 valence electrons. The molecule has 0 aromatic heterocycles. The highest BCUT2D eigenvalue weighted by molar-refractivity contribution is 7.98. The number of benzene rings is 2. The lowest BCUT2D eigenvalue weighted by atomic mass is 9.75. The van der Waals surface area contributed by atoms with Crippen LogP contribution in [-0.4, -0.2) is 87.7 Å². The van der Waals surface area contributed by atoms with E-state index in [1.165, 1.54) is 0 Å². The van der Waals surface area contributed by atoms with Gasteiger partial charge in [-0.05, 0) is 43.4 Å². The molecule has 0 radical (unpaired) electrons.